The van der Waals surface area contributed by atoms with E-state index in [4.69, 9.17) is 5.73 Å². The summed E-state index contributed by atoms with van der Waals surface area (Å²) in [6.07, 6.45) is 6.68. The Morgan fingerprint density at radius 3 is 2.65 bits per heavy atom. The molecule has 0 saturated carbocycles. The first-order valence-electron chi connectivity index (χ1n) is 9.12. The molecule has 1 aliphatic rings. The van der Waals surface area contributed by atoms with Crippen molar-refractivity contribution in [2.45, 2.75) is 51.9 Å². The van der Waals surface area contributed by atoms with Crippen molar-refractivity contribution in [3.8, 4) is 0 Å². The molecule has 134 valence electrons. The van der Waals surface area contributed by atoms with E-state index in [1.54, 1.807) is 4.90 Å². The van der Waals surface area contributed by atoms with Crippen LogP contribution in [0.4, 0.5) is 0 Å². The normalized spacial score (nSPS) is 15.4. The Bertz CT molecular complexity index is 343. The number of nitrogens with zero attached hydrogens (tertiary/aromatic N) is 1. The molecule has 0 aliphatic carbocycles. The molecule has 6 nitrogen and oxygen atoms in total. The predicted molar refractivity (Wildman–Crippen MR) is 93.0 cm³/mol. The maximum absolute atomic E-state index is 12.4. The van der Waals surface area contributed by atoms with Gasteiger partial charge in [0.05, 0.1) is 6.54 Å². The fraction of sp³-hybridized carbons (Fsp3) is 0.882. The van der Waals surface area contributed by atoms with E-state index < -0.39 is 0 Å². The molecular formula is C17H34N4O2. The highest BCUT2D eigenvalue weighted by molar-refractivity contribution is 5.84. The Balaban J connectivity index is 2.27. The van der Waals surface area contributed by atoms with E-state index in [0.29, 0.717) is 26.1 Å². The summed E-state index contributed by atoms with van der Waals surface area (Å²) in [6.45, 7) is 6.20. The number of nitrogens with two attached hydrogens (primary N) is 1. The third-order valence-corrected chi connectivity index (χ3v) is 4.35. The van der Waals surface area contributed by atoms with Crippen molar-refractivity contribution in [1.29, 1.82) is 0 Å². The third kappa shape index (κ3) is 8.91. The maximum Gasteiger partial charge on any atom is 0.239 e. The molecule has 0 radical (unpaired) electrons. The van der Waals surface area contributed by atoms with Crippen LogP contribution in [-0.4, -0.2) is 56.0 Å². The lowest BCUT2D eigenvalue weighted by molar-refractivity contribution is -0.136. The van der Waals surface area contributed by atoms with Crippen LogP contribution in [0.3, 0.4) is 0 Å². The fourth-order valence-electron chi connectivity index (χ4n) is 2.99. The highest BCUT2D eigenvalue weighted by atomic mass is 16.2. The van der Waals surface area contributed by atoms with Gasteiger partial charge in [-0.3, -0.25) is 9.59 Å². The average molecular weight is 326 g/mol. The van der Waals surface area contributed by atoms with Gasteiger partial charge in [0.1, 0.15) is 0 Å². The minimum Gasteiger partial charge on any atom is -0.355 e. The van der Waals surface area contributed by atoms with Crippen LogP contribution in [0.2, 0.25) is 0 Å². The zero-order chi connectivity index (χ0) is 16.9. The molecule has 0 aromatic heterocycles. The van der Waals surface area contributed by atoms with Crippen LogP contribution in [0.15, 0.2) is 0 Å². The lowest BCUT2D eigenvalue weighted by Gasteiger charge is -2.24. The summed E-state index contributed by atoms with van der Waals surface area (Å²) in [5, 5.41) is 6.18. The number of carbonyl (C=O) groups is 2. The zero-order valence-electron chi connectivity index (χ0n) is 14.6. The molecule has 2 amide bonds. The molecule has 1 heterocycles. The summed E-state index contributed by atoms with van der Waals surface area (Å²) in [6, 6.07) is 0. The number of nitrogens with one attached hydrogen (secondary N) is 2. The van der Waals surface area contributed by atoms with Gasteiger partial charge in [0.2, 0.25) is 11.8 Å². The van der Waals surface area contributed by atoms with E-state index in [2.05, 4.69) is 10.6 Å². The summed E-state index contributed by atoms with van der Waals surface area (Å²) < 4.78 is 0. The molecule has 0 unspecified atom stereocenters. The van der Waals surface area contributed by atoms with Crippen LogP contribution >= 0.6 is 0 Å². The number of carbonyl (C=O) groups excluding carboxylic acids is 2. The quantitative estimate of drug-likeness (QED) is 0.492. The van der Waals surface area contributed by atoms with Crippen molar-refractivity contribution < 1.29 is 9.59 Å². The summed E-state index contributed by atoms with van der Waals surface area (Å²) >= 11 is 0. The van der Waals surface area contributed by atoms with E-state index in [-0.39, 0.29) is 18.4 Å². The van der Waals surface area contributed by atoms with E-state index in [1.807, 2.05) is 6.92 Å². The van der Waals surface area contributed by atoms with Gasteiger partial charge < -0.3 is 21.3 Å². The van der Waals surface area contributed by atoms with Crippen molar-refractivity contribution in [1.82, 2.24) is 15.5 Å². The summed E-state index contributed by atoms with van der Waals surface area (Å²) in [5.74, 6) is 0.775. The molecule has 0 spiro atoms. The Morgan fingerprint density at radius 2 is 2.00 bits per heavy atom. The first-order chi connectivity index (χ1) is 11.2. The number of hydrogen-bond donors (Lipinski definition) is 3. The van der Waals surface area contributed by atoms with E-state index in [1.165, 1.54) is 12.8 Å². The van der Waals surface area contributed by atoms with Crippen molar-refractivity contribution >= 4 is 11.8 Å². The van der Waals surface area contributed by atoms with Crippen molar-refractivity contribution in [3.05, 3.63) is 0 Å². The Hall–Kier alpha value is -1.14. The summed E-state index contributed by atoms with van der Waals surface area (Å²) in [5.41, 5.74) is 5.41. The topological polar surface area (TPSA) is 87.5 Å². The molecule has 0 bridgehead atoms. The Kier molecular flexibility index (Phi) is 10.6. The molecule has 1 aliphatic heterocycles. The first kappa shape index (κ1) is 19.9. The van der Waals surface area contributed by atoms with Crippen LogP contribution in [0.25, 0.3) is 0 Å². The lowest BCUT2D eigenvalue weighted by Crippen LogP contribution is -2.41. The van der Waals surface area contributed by atoms with Gasteiger partial charge in [-0.15, -0.1) is 0 Å². The van der Waals surface area contributed by atoms with E-state index in [0.717, 1.165) is 44.7 Å². The van der Waals surface area contributed by atoms with Crippen LogP contribution in [0.5, 0.6) is 0 Å². The van der Waals surface area contributed by atoms with E-state index >= 15 is 0 Å². The number of hydrogen-bond acceptors (Lipinski definition) is 4. The van der Waals surface area contributed by atoms with Gasteiger partial charge in [-0.05, 0) is 64.1 Å². The van der Waals surface area contributed by atoms with Crippen molar-refractivity contribution in [2.75, 3.05) is 39.3 Å². The molecule has 1 fully saturated rings. The third-order valence-electron chi connectivity index (χ3n) is 4.35. The first-order valence-corrected chi connectivity index (χ1v) is 9.12. The van der Waals surface area contributed by atoms with Crippen molar-refractivity contribution in [2.24, 2.45) is 11.7 Å². The second-order valence-electron chi connectivity index (χ2n) is 6.39. The van der Waals surface area contributed by atoms with Crippen LogP contribution in [0.1, 0.15) is 51.9 Å². The molecule has 4 N–H and O–H groups in total. The van der Waals surface area contributed by atoms with Gasteiger partial charge in [0.15, 0.2) is 0 Å². The summed E-state index contributed by atoms with van der Waals surface area (Å²) in [7, 11) is 0. The Labute approximate surface area is 140 Å². The highest BCUT2D eigenvalue weighted by Gasteiger charge is 2.17. The lowest BCUT2D eigenvalue weighted by atomic mass is 9.92. The standard InChI is InChI=1S/C17H34N4O2/c1-2-13-21(14-16(22)20-10-4-9-18)17(23)6-3-5-15-7-11-19-12-8-15/h15,19H,2-14,18H2,1H3,(H,20,22). The molecule has 0 aromatic rings. The molecule has 23 heavy (non-hydrogen) atoms. The second kappa shape index (κ2) is 12.3. The van der Waals surface area contributed by atoms with Gasteiger partial charge in [-0.1, -0.05) is 6.92 Å². The number of piperidine rings is 1. The van der Waals surface area contributed by atoms with Crippen molar-refractivity contribution in [3.63, 3.8) is 0 Å². The monoisotopic (exact) mass is 326 g/mol. The van der Waals surface area contributed by atoms with Crippen LogP contribution in [-0.2, 0) is 9.59 Å². The minimum absolute atomic E-state index is 0.0846. The highest BCUT2D eigenvalue weighted by Crippen LogP contribution is 2.19. The number of amides is 2. The van der Waals surface area contributed by atoms with E-state index in [9.17, 15) is 9.59 Å². The van der Waals surface area contributed by atoms with Gasteiger partial charge in [-0.25, -0.2) is 0 Å². The Morgan fingerprint density at radius 1 is 1.26 bits per heavy atom. The molecule has 1 saturated heterocycles. The van der Waals surface area contributed by atoms with Gasteiger partial charge in [0.25, 0.3) is 0 Å². The average Bonchev–Trinajstić information content (AvgIpc) is 2.55. The molecule has 0 atom stereocenters. The smallest absolute Gasteiger partial charge is 0.239 e. The minimum atomic E-state index is -0.0846. The van der Waals surface area contributed by atoms with Gasteiger partial charge in [0, 0.05) is 19.5 Å². The SMILES string of the molecule is CCCN(CC(=O)NCCCN)C(=O)CCCC1CCNCC1. The maximum atomic E-state index is 12.4. The zero-order valence-corrected chi connectivity index (χ0v) is 14.6. The van der Waals surface area contributed by atoms with Gasteiger partial charge in [-0.2, -0.15) is 0 Å². The van der Waals surface area contributed by atoms with Gasteiger partial charge >= 0.3 is 0 Å². The van der Waals surface area contributed by atoms with Crippen LogP contribution < -0.4 is 16.4 Å². The fourth-order valence-corrected chi connectivity index (χ4v) is 2.99. The molecule has 0 aromatic carbocycles. The van der Waals surface area contributed by atoms with Crippen LogP contribution in [0, 0.1) is 5.92 Å². The summed E-state index contributed by atoms with van der Waals surface area (Å²) in [4.78, 5) is 25.9. The molecule has 6 heteroatoms. The second-order valence-corrected chi connectivity index (χ2v) is 6.39. The largest absolute Gasteiger partial charge is 0.355 e. The predicted octanol–water partition coefficient (Wildman–Crippen LogP) is 0.860. The molecular weight excluding hydrogens is 292 g/mol. The molecule has 1 rings (SSSR count). The number of rotatable bonds is 11.